The Kier molecular flexibility index (Phi) is 3.62. The van der Waals surface area contributed by atoms with Crippen molar-refractivity contribution >= 4 is 46.4 Å². The molecule has 2 aromatic carbocycles. The van der Waals surface area contributed by atoms with Crippen molar-refractivity contribution in [1.82, 2.24) is 9.80 Å². The van der Waals surface area contributed by atoms with Crippen LogP contribution in [-0.2, 0) is 11.3 Å². The minimum Gasteiger partial charge on any atom is -0.294 e. The van der Waals surface area contributed by atoms with Crippen LogP contribution in [0, 0.1) is 0 Å². The van der Waals surface area contributed by atoms with Gasteiger partial charge in [0, 0.05) is 10.6 Å². The first-order valence-electron chi connectivity index (χ1n) is 7.64. The van der Waals surface area contributed by atoms with Crippen LogP contribution in [0.3, 0.4) is 0 Å². The van der Waals surface area contributed by atoms with Gasteiger partial charge in [0.25, 0.3) is 5.91 Å². The average molecular weight is 356 g/mol. The van der Waals surface area contributed by atoms with Gasteiger partial charge in [-0.25, -0.2) is 4.99 Å². The first-order valence-corrected chi connectivity index (χ1v) is 8.42. The molecule has 2 aliphatic rings. The van der Waals surface area contributed by atoms with Crippen molar-refractivity contribution in [3.63, 3.8) is 0 Å². The summed E-state index contributed by atoms with van der Waals surface area (Å²) in [5, 5.41) is 1.11. The molecule has 24 heavy (non-hydrogen) atoms. The lowest BCUT2D eigenvalue weighted by molar-refractivity contribution is -0.121. The molecule has 0 aromatic heterocycles. The van der Waals surface area contributed by atoms with Gasteiger partial charge >= 0.3 is 0 Å². The van der Waals surface area contributed by atoms with E-state index in [0.29, 0.717) is 22.5 Å². The molecule has 1 amide bonds. The Labute approximate surface area is 150 Å². The fraction of sp³-hybridized carbons (Fsp3) is 0.167. The summed E-state index contributed by atoms with van der Waals surface area (Å²) < 4.78 is 0. The van der Waals surface area contributed by atoms with Gasteiger partial charge in [-0.3, -0.25) is 14.6 Å². The molecule has 4 nitrogen and oxygen atoms in total. The molecular formula is C18H14ClN3OS. The van der Waals surface area contributed by atoms with Crippen molar-refractivity contribution < 1.29 is 4.79 Å². The van der Waals surface area contributed by atoms with E-state index in [2.05, 4.69) is 4.99 Å². The second-order valence-corrected chi connectivity index (χ2v) is 6.58. The van der Waals surface area contributed by atoms with Crippen LogP contribution in [-0.4, -0.2) is 26.7 Å². The standard InChI is InChI=1S/C18H14ClN3OS/c1-11(12-6-3-2-4-7-12)22-17(23)16-20-15-9-5-8-14(19)13(15)10-21(16)18(22)24/h2-9,11H,10H2,1H3/t11-/m1/s1. The number of hydrogen-bond donors (Lipinski definition) is 0. The average Bonchev–Trinajstić information content (AvgIpc) is 2.85. The molecule has 1 saturated heterocycles. The maximum absolute atomic E-state index is 12.9. The summed E-state index contributed by atoms with van der Waals surface area (Å²) in [5.41, 5.74) is 2.66. The highest BCUT2D eigenvalue weighted by Gasteiger charge is 2.44. The molecular weight excluding hydrogens is 342 g/mol. The Bertz CT molecular complexity index is 881. The first kappa shape index (κ1) is 15.3. The minimum atomic E-state index is -0.165. The number of benzene rings is 2. The third-order valence-corrected chi connectivity index (χ3v) is 5.18. The first-order chi connectivity index (χ1) is 11.6. The summed E-state index contributed by atoms with van der Waals surface area (Å²) >= 11 is 11.8. The number of nitrogens with zero attached hydrogens (tertiary/aromatic N) is 3. The molecule has 2 aliphatic heterocycles. The van der Waals surface area contributed by atoms with Crippen LogP contribution in [0.1, 0.15) is 24.1 Å². The number of fused-ring (bicyclic) bond motifs is 2. The maximum Gasteiger partial charge on any atom is 0.296 e. The topological polar surface area (TPSA) is 35.9 Å². The number of aliphatic imine (C=N–C) groups is 1. The number of halogens is 1. The highest BCUT2D eigenvalue weighted by molar-refractivity contribution is 7.80. The second kappa shape index (κ2) is 5.69. The zero-order valence-corrected chi connectivity index (χ0v) is 14.5. The van der Waals surface area contributed by atoms with E-state index in [-0.39, 0.29) is 11.9 Å². The van der Waals surface area contributed by atoms with Gasteiger partial charge in [-0.1, -0.05) is 48.0 Å². The minimum absolute atomic E-state index is 0.155. The van der Waals surface area contributed by atoms with E-state index in [0.717, 1.165) is 16.8 Å². The van der Waals surface area contributed by atoms with E-state index >= 15 is 0 Å². The molecule has 1 fully saturated rings. The van der Waals surface area contributed by atoms with Gasteiger partial charge in [0.1, 0.15) is 0 Å². The van der Waals surface area contributed by atoms with E-state index in [1.807, 2.05) is 55.5 Å². The number of carbonyl (C=O) groups is 1. The lowest BCUT2D eigenvalue weighted by Gasteiger charge is -2.26. The molecule has 0 radical (unpaired) electrons. The highest BCUT2D eigenvalue weighted by Crippen LogP contribution is 2.36. The van der Waals surface area contributed by atoms with Crippen molar-refractivity contribution in [2.45, 2.75) is 19.5 Å². The van der Waals surface area contributed by atoms with Crippen LogP contribution >= 0.6 is 23.8 Å². The van der Waals surface area contributed by atoms with Crippen LogP contribution < -0.4 is 0 Å². The fourth-order valence-electron chi connectivity index (χ4n) is 3.08. The van der Waals surface area contributed by atoms with E-state index in [1.165, 1.54) is 0 Å². The molecule has 0 saturated carbocycles. The lowest BCUT2D eigenvalue weighted by Crippen LogP contribution is -2.35. The Morgan fingerprint density at radius 2 is 1.92 bits per heavy atom. The van der Waals surface area contributed by atoms with E-state index in [4.69, 9.17) is 23.8 Å². The highest BCUT2D eigenvalue weighted by atomic mass is 35.5. The van der Waals surface area contributed by atoms with E-state index in [9.17, 15) is 4.79 Å². The SMILES string of the molecule is C[C@H](c1ccccc1)N1C(=O)C2=Nc3cccc(Cl)c3CN2C1=S. The van der Waals surface area contributed by atoms with Crippen LogP contribution in [0.15, 0.2) is 53.5 Å². The summed E-state index contributed by atoms with van der Waals surface area (Å²) in [6.45, 7) is 2.44. The Balaban J connectivity index is 1.73. The summed E-state index contributed by atoms with van der Waals surface area (Å²) in [7, 11) is 0. The van der Waals surface area contributed by atoms with Crippen LogP contribution in [0.25, 0.3) is 0 Å². The van der Waals surface area contributed by atoms with Crippen molar-refractivity contribution in [3.8, 4) is 0 Å². The third kappa shape index (κ3) is 2.24. The number of rotatable bonds is 2. The van der Waals surface area contributed by atoms with Gasteiger partial charge in [-0.2, -0.15) is 0 Å². The fourth-order valence-corrected chi connectivity index (χ4v) is 3.71. The quantitative estimate of drug-likeness (QED) is 0.762. The predicted octanol–water partition coefficient (Wildman–Crippen LogP) is 4.07. The molecule has 0 aliphatic carbocycles. The maximum atomic E-state index is 12.9. The van der Waals surface area contributed by atoms with Gasteiger partial charge in [-0.05, 0) is 36.8 Å². The molecule has 0 spiro atoms. The summed E-state index contributed by atoms with van der Waals surface area (Å²) in [5.74, 6) is 0.208. The largest absolute Gasteiger partial charge is 0.296 e. The number of amidine groups is 1. The normalized spacial score (nSPS) is 17.5. The second-order valence-electron chi connectivity index (χ2n) is 5.80. The van der Waals surface area contributed by atoms with Gasteiger partial charge < -0.3 is 0 Å². The molecule has 2 heterocycles. The Morgan fingerprint density at radius 1 is 1.17 bits per heavy atom. The summed E-state index contributed by atoms with van der Waals surface area (Å²) in [4.78, 5) is 20.8. The Hall–Kier alpha value is -2.24. The van der Waals surface area contributed by atoms with Crippen LogP contribution in [0.4, 0.5) is 5.69 Å². The van der Waals surface area contributed by atoms with Crippen LogP contribution in [0.5, 0.6) is 0 Å². The molecule has 120 valence electrons. The van der Waals surface area contributed by atoms with Crippen molar-refractivity contribution in [1.29, 1.82) is 0 Å². The summed E-state index contributed by atoms with van der Waals surface area (Å²) in [6.07, 6.45) is 0. The smallest absolute Gasteiger partial charge is 0.294 e. The number of hydrogen-bond acceptors (Lipinski definition) is 3. The molecule has 0 N–H and O–H groups in total. The van der Waals surface area contributed by atoms with E-state index < -0.39 is 0 Å². The zero-order valence-electron chi connectivity index (χ0n) is 12.9. The number of thiocarbonyl (C=S) groups is 1. The van der Waals surface area contributed by atoms with Gasteiger partial charge in [0.15, 0.2) is 5.11 Å². The predicted molar refractivity (Wildman–Crippen MR) is 98.4 cm³/mol. The molecule has 2 aromatic rings. The molecule has 6 heteroatoms. The van der Waals surface area contributed by atoms with Gasteiger partial charge in [0.05, 0.1) is 18.3 Å². The number of carbonyl (C=O) groups excluding carboxylic acids is 1. The Morgan fingerprint density at radius 3 is 2.67 bits per heavy atom. The third-order valence-electron chi connectivity index (χ3n) is 4.41. The molecule has 4 rings (SSSR count). The monoisotopic (exact) mass is 355 g/mol. The van der Waals surface area contributed by atoms with Gasteiger partial charge in [0.2, 0.25) is 5.84 Å². The lowest BCUT2D eigenvalue weighted by atomic mass is 10.1. The molecule has 0 bridgehead atoms. The van der Waals surface area contributed by atoms with Crippen molar-refractivity contribution in [3.05, 3.63) is 64.7 Å². The van der Waals surface area contributed by atoms with Crippen LogP contribution in [0.2, 0.25) is 5.02 Å². The molecule has 0 unspecified atom stereocenters. The van der Waals surface area contributed by atoms with E-state index in [1.54, 1.807) is 9.80 Å². The number of amides is 1. The zero-order chi connectivity index (χ0) is 16.8. The molecule has 1 atom stereocenters. The van der Waals surface area contributed by atoms with Gasteiger partial charge in [-0.15, -0.1) is 0 Å². The van der Waals surface area contributed by atoms with Crippen molar-refractivity contribution in [2.75, 3.05) is 0 Å². The van der Waals surface area contributed by atoms with Crippen molar-refractivity contribution in [2.24, 2.45) is 4.99 Å². The summed E-state index contributed by atoms with van der Waals surface area (Å²) in [6, 6.07) is 15.2.